The first-order chi connectivity index (χ1) is 18.3. The Morgan fingerprint density at radius 1 is 1.03 bits per heavy atom. The molecule has 0 saturated heterocycles. The van der Waals surface area contributed by atoms with Crippen LogP contribution in [0.1, 0.15) is 65.7 Å². The Morgan fingerprint density at radius 2 is 1.68 bits per heavy atom. The van der Waals surface area contributed by atoms with Crippen molar-refractivity contribution in [3.05, 3.63) is 83.4 Å². The van der Waals surface area contributed by atoms with Gasteiger partial charge >= 0.3 is 0 Å². The number of benzene rings is 2. The van der Waals surface area contributed by atoms with Gasteiger partial charge in [-0.2, -0.15) is 0 Å². The molecule has 2 aromatic carbocycles. The number of amides is 3. The molecule has 1 atom stereocenters. The first-order valence-electron chi connectivity index (χ1n) is 13.0. The van der Waals surface area contributed by atoms with E-state index >= 15 is 0 Å². The zero-order chi connectivity index (χ0) is 26.9. The summed E-state index contributed by atoms with van der Waals surface area (Å²) in [4.78, 5) is 46.3. The van der Waals surface area contributed by atoms with Crippen molar-refractivity contribution >= 4 is 17.7 Å². The fourth-order valence-electron chi connectivity index (χ4n) is 4.91. The van der Waals surface area contributed by atoms with Crippen LogP contribution in [0.15, 0.2) is 60.9 Å². The van der Waals surface area contributed by atoms with E-state index in [1.807, 2.05) is 68.4 Å². The third-order valence-electron chi connectivity index (χ3n) is 6.93. The van der Waals surface area contributed by atoms with E-state index < -0.39 is 11.4 Å². The van der Waals surface area contributed by atoms with Gasteiger partial charge in [0.1, 0.15) is 17.0 Å². The van der Waals surface area contributed by atoms with E-state index in [-0.39, 0.29) is 48.4 Å². The van der Waals surface area contributed by atoms with E-state index in [4.69, 9.17) is 4.74 Å². The van der Waals surface area contributed by atoms with Crippen molar-refractivity contribution < 1.29 is 19.1 Å². The maximum atomic E-state index is 13.8. The molecule has 1 aromatic heterocycles. The van der Waals surface area contributed by atoms with Crippen molar-refractivity contribution in [2.45, 2.75) is 70.9 Å². The molecule has 0 radical (unpaired) electrons. The molecular formula is C29H33N5O4. The predicted octanol–water partition coefficient (Wildman–Crippen LogP) is 3.29. The maximum Gasteiger partial charge on any atom is 0.274 e. The summed E-state index contributed by atoms with van der Waals surface area (Å²) in [5.74, 6) is -0.229. The first-order valence-corrected chi connectivity index (χ1v) is 13.0. The van der Waals surface area contributed by atoms with E-state index in [0.717, 1.165) is 29.7 Å². The van der Waals surface area contributed by atoms with E-state index in [2.05, 4.69) is 15.6 Å². The summed E-state index contributed by atoms with van der Waals surface area (Å²) in [6, 6.07) is 17.1. The summed E-state index contributed by atoms with van der Waals surface area (Å²) >= 11 is 0. The first kappa shape index (κ1) is 25.5. The molecule has 5 rings (SSSR count). The van der Waals surface area contributed by atoms with E-state index in [9.17, 15) is 14.4 Å². The molecule has 2 heterocycles. The second-order valence-corrected chi connectivity index (χ2v) is 10.4. The van der Waals surface area contributed by atoms with Gasteiger partial charge in [0.15, 0.2) is 5.69 Å². The predicted molar refractivity (Wildman–Crippen MR) is 141 cm³/mol. The number of hydrogen-bond acceptors (Lipinski definition) is 5. The lowest BCUT2D eigenvalue weighted by Crippen LogP contribution is -2.64. The maximum absolute atomic E-state index is 13.8. The Hall–Kier alpha value is -4.14. The third kappa shape index (κ3) is 5.14. The van der Waals surface area contributed by atoms with Gasteiger partial charge < -0.3 is 24.8 Å². The molecule has 0 unspecified atom stereocenters. The molecular weight excluding hydrogens is 482 g/mol. The number of rotatable bonds is 9. The van der Waals surface area contributed by atoms with Crippen LogP contribution in [-0.4, -0.2) is 49.9 Å². The molecule has 0 spiro atoms. The summed E-state index contributed by atoms with van der Waals surface area (Å²) in [7, 11) is 0. The van der Waals surface area contributed by atoms with Crippen LogP contribution < -0.4 is 15.4 Å². The Morgan fingerprint density at radius 3 is 2.34 bits per heavy atom. The Balaban J connectivity index is 1.31. The lowest BCUT2D eigenvalue weighted by atomic mass is 9.93. The van der Waals surface area contributed by atoms with Crippen LogP contribution in [0.3, 0.4) is 0 Å². The molecule has 2 aliphatic rings. The van der Waals surface area contributed by atoms with Crippen LogP contribution in [0.4, 0.5) is 0 Å². The number of hydrogen-bond donors (Lipinski definition) is 2. The van der Waals surface area contributed by atoms with Gasteiger partial charge in [0.2, 0.25) is 5.91 Å². The van der Waals surface area contributed by atoms with Gasteiger partial charge in [-0.1, -0.05) is 42.5 Å². The smallest absolute Gasteiger partial charge is 0.274 e. The van der Waals surface area contributed by atoms with Crippen LogP contribution in [0.5, 0.6) is 5.75 Å². The largest absolute Gasteiger partial charge is 0.491 e. The number of fused-ring (bicyclic) bond motifs is 1. The number of carbonyl (C=O) groups is 3. The van der Waals surface area contributed by atoms with Crippen LogP contribution in [-0.2, 0) is 24.4 Å². The van der Waals surface area contributed by atoms with E-state index in [1.165, 1.54) is 6.33 Å². The normalized spacial score (nSPS) is 18.7. The molecule has 1 aliphatic heterocycles. The third-order valence-corrected chi connectivity index (χ3v) is 6.93. The summed E-state index contributed by atoms with van der Waals surface area (Å²) in [6.45, 7) is 6.60. The van der Waals surface area contributed by atoms with Crippen LogP contribution in [0.2, 0.25) is 0 Å². The second kappa shape index (κ2) is 10.3. The summed E-state index contributed by atoms with van der Waals surface area (Å²) in [5.41, 5.74) is 1.09. The number of aromatic nitrogens is 2. The molecule has 198 valence electrons. The van der Waals surface area contributed by atoms with Gasteiger partial charge in [0.05, 0.1) is 19.0 Å². The van der Waals surface area contributed by atoms with Crippen molar-refractivity contribution in [3.63, 3.8) is 0 Å². The molecule has 38 heavy (non-hydrogen) atoms. The number of imidazole rings is 1. The SMILES string of the molecule is CC(C)Oc1ccc(CNC(=O)c2ncn3c2C(=O)N(C2CC2)[C@](C)(C(=O)NCc2ccccc2)C3)cc1. The average molecular weight is 516 g/mol. The fourth-order valence-corrected chi connectivity index (χ4v) is 4.91. The Bertz CT molecular complexity index is 1330. The minimum atomic E-state index is -1.09. The number of carbonyl (C=O) groups excluding carboxylic acids is 3. The molecule has 2 N–H and O–H groups in total. The minimum absolute atomic E-state index is 0.0268. The van der Waals surface area contributed by atoms with Gasteiger partial charge in [0.25, 0.3) is 11.8 Å². The fraction of sp³-hybridized carbons (Fsp3) is 0.379. The Kier molecular flexibility index (Phi) is 6.93. The summed E-state index contributed by atoms with van der Waals surface area (Å²) < 4.78 is 7.30. The van der Waals surface area contributed by atoms with Gasteiger partial charge in [0, 0.05) is 19.1 Å². The average Bonchev–Trinajstić information content (AvgIpc) is 3.64. The molecule has 3 aromatic rings. The summed E-state index contributed by atoms with van der Waals surface area (Å²) in [6.07, 6.45) is 3.23. The molecule has 9 heteroatoms. The topological polar surface area (TPSA) is 106 Å². The quantitative estimate of drug-likeness (QED) is 0.455. The van der Waals surface area contributed by atoms with Gasteiger partial charge in [-0.25, -0.2) is 4.98 Å². The van der Waals surface area contributed by atoms with Gasteiger partial charge in [-0.05, 0) is 56.9 Å². The van der Waals surface area contributed by atoms with E-state index in [1.54, 1.807) is 16.4 Å². The van der Waals surface area contributed by atoms with Crippen molar-refractivity contribution in [2.75, 3.05) is 0 Å². The highest BCUT2D eigenvalue weighted by Crippen LogP contribution is 2.38. The summed E-state index contributed by atoms with van der Waals surface area (Å²) in [5, 5.41) is 5.87. The van der Waals surface area contributed by atoms with Crippen LogP contribution in [0.25, 0.3) is 0 Å². The molecule has 1 fully saturated rings. The standard InChI is InChI=1S/C29H33N5O4/c1-19(2)38-23-13-9-21(10-14-23)15-30-26(35)24-25-27(36)34(22-11-12-22)29(3,17-33(25)18-32-24)28(37)31-16-20-7-5-4-6-8-20/h4-10,13-14,18-19,22H,11-12,15-17H2,1-3H3,(H,30,35)(H,31,37)/t29-/m0/s1. The lowest BCUT2D eigenvalue weighted by molar-refractivity contribution is -0.133. The van der Waals surface area contributed by atoms with Gasteiger partial charge in [-0.15, -0.1) is 0 Å². The van der Waals surface area contributed by atoms with Crippen molar-refractivity contribution in [1.82, 2.24) is 25.1 Å². The molecule has 3 amide bonds. The number of nitrogens with zero attached hydrogens (tertiary/aromatic N) is 3. The van der Waals surface area contributed by atoms with Crippen LogP contribution in [0, 0.1) is 0 Å². The van der Waals surface area contributed by atoms with Crippen molar-refractivity contribution in [2.24, 2.45) is 0 Å². The van der Waals surface area contributed by atoms with Gasteiger partial charge in [-0.3, -0.25) is 14.4 Å². The molecule has 1 saturated carbocycles. The highest BCUT2D eigenvalue weighted by Gasteiger charge is 2.53. The van der Waals surface area contributed by atoms with E-state index in [0.29, 0.717) is 6.54 Å². The van der Waals surface area contributed by atoms with Crippen molar-refractivity contribution in [1.29, 1.82) is 0 Å². The van der Waals surface area contributed by atoms with Crippen molar-refractivity contribution in [3.8, 4) is 5.75 Å². The zero-order valence-electron chi connectivity index (χ0n) is 21.9. The molecule has 0 bridgehead atoms. The molecule has 9 nitrogen and oxygen atoms in total. The lowest BCUT2D eigenvalue weighted by Gasteiger charge is -2.44. The molecule has 1 aliphatic carbocycles. The second-order valence-electron chi connectivity index (χ2n) is 10.4. The number of nitrogens with one attached hydrogen (secondary N) is 2. The zero-order valence-corrected chi connectivity index (χ0v) is 21.9. The highest BCUT2D eigenvalue weighted by molar-refractivity contribution is 6.07. The monoisotopic (exact) mass is 515 g/mol. The Labute approximate surface area is 222 Å². The number of ether oxygens (including phenoxy) is 1. The van der Waals surface area contributed by atoms with Crippen LogP contribution >= 0.6 is 0 Å². The highest BCUT2D eigenvalue weighted by atomic mass is 16.5. The minimum Gasteiger partial charge on any atom is -0.491 e.